The summed E-state index contributed by atoms with van der Waals surface area (Å²) in [7, 11) is 0. The van der Waals surface area contributed by atoms with Crippen LogP contribution in [0.15, 0.2) is 11.6 Å². The Labute approximate surface area is 227 Å². The Hall–Kier alpha value is -0.790. The Morgan fingerprint density at radius 2 is 1.67 bits per heavy atom. The molecule has 0 aromatic rings. The predicted octanol–water partition coefficient (Wildman–Crippen LogP) is 10.9. The lowest BCUT2D eigenvalue weighted by Gasteiger charge is -2.58. The average Bonchev–Trinajstić information content (AvgIpc) is 3.11. The largest absolute Gasteiger partial charge is 0.462 e. The Balaban J connectivity index is 0.00000306. The van der Waals surface area contributed by atoms with E-state index in [2.05, 4.69) is 40.7 Å². The summed E-state index contributed by atoms with van der Waals surface area (Å²) in [6, 6.07) is 0. The zero-order valence-corrected chi connectivity index (χ0v) is 21.9. The highest BCUT2D eigenvalue weighted by atomic mass is 16.5. The number of esters is 1. The molecule has 0 saturated heterocycles. The maximum absolute atomic E-state index is 11.9. The molecule has 0 heterocycles. The summed E-state index contributed by atoms with van der Waals surface area (Å²) in [5.74, 6) is 5.28. The van der Waals surface area contributed by atoms with Crippen LogP contribution in [0, 0.1) is 46.3 Å². The van der Waals surface area contributed by atoms with Crippen LogP contribution in [0.1, 0.15) is 148 Å². The lowest BCUT2D eigenvalue weighted by Crippen LogP contribution is -2.51. The Morgan fingerprint density at radius 1 is 0.972 bits per heavy atom. The predicted molar refractivity (Wildman–Crippen MR) is 160 cm³/mol. The van der Waals surface area contributed by atoms with Crippen LogP contribution in [-0.4, -0.2) is 12.1 Å². The van der Waals surface area contributed by atoms with Crippen LogP contribution < -0.4 is 0 Å². The summed E-state index contributed by atoms with van der Waals surface area (Å²) >= 11 is 0. The van der Waals surface area contributed by atoms with E-state index in [0.29, 0.717) is 17.3 Å². The van der Waals surface area contributed by atoms with Gasteiger partial charge in [0.1, 0.15) is 6.10 Å². The molecule has 0 amide bonds. The molecule has 2 nitrogen and oxygen atoms in total. The number of rotatable bonds is 7. The Morgan fingerprint density at radius 3 is 2.31 bits per heavy atom. The van der Waals surface area contributed by atoms with E-state index in [1.165, 1.54) is 57.8 Å². The van der Waals surface area contributed by atoms with Gasteiger partial charge in [0.25, 0.3) is 0 Å². The number of carbonyl (C=O) groups excluding carboxylic acids is 1. The molecule has 0 N–H and O–H groups in total. The van der Waals surface area contributed by atoms with E-state index in [1.54, 1.807) is 5.57 Å². The molecule has 4 rings (SSSR count). The highest BCUT2D eigenvalue weighted by molar-refractivity contribution is 5.69. The maximum Gasteiger partial charge on any atom is 0.305 e. The van der Waals surface area contributed by atoms with Gasteiger partial charge in [-0.1, -0.05) is 102 Å². The van der Waals surface area contributed by atoms with Gasteiger partial charge in [-0.15, -0.1) is 0 Å². The number of carbonyl (C=O) groups is 1. The lowest BCUT2D eigenvalue weighted by atomic mass is 9.47. The van der Waals surface area contributed by atoms with Crippen molar-refractivity contribution in [1.29, 1.82) is 0 Å². The van der Waals surface area contributed by atoms with E-state index in [-0.39, 0.29) is 41.8 Å². The van der Waals surface area contributed by atoms with Crippen LogP contribution in [0.2, 0.25) is 0 Å². The van der Waals surface area contributed by atoms with Crippen LogP contribution in [-0.2, 0) is 9.53 Å². The van der Waals surface area contributed by atoms with Gasteiger partial charge in [0.15, 0.2) is 0 Å². The van der Waals surface area contributed by atoms with Gasteiger partial charge in [-0.05, 0) is 91.3 Å². The quantitative estimate of drug-likeness (QED) is 0.253. The van der Waals surface area contributed by atoms with E-state index in [1.807, 2.05) is 6.92 Å². The van der Waals surface area contributed by atoms with Crippen LogP contribution in [0.3, 0.4) is 0 Å². The second kappa shape index (κ2) is 13.8. The minimum Gasteiger partial charge on any atom is -0.462 e. The molecule has 4 aliphatic rings. The topological polar surface area (TPSA) is 26.3 Å². The molecule has 4 aliphatic carbocycles. The first-order valence-corrected chi connectivity index (χ1v) is 14.1. The standard InChI is InChI=1S/C30H50O2.4CH4/c1-7-28(31)32-23-15-17-29(5)22(19-23)11-12-24-26-14-13-25(21(4)10-8-9-20(2)3)30(26,6)18-16-27(24)29;;;;/h11,20-21,23-27H,7-10,12-19H2,1-6H3;4*1H4. The lowest BCUT2D eigenvalue weighted by molar-refractivity contribution is -0.151. The molecule has 3 saturated carbocycles. The van der Waals surface area contributed by atoms with Crippen molar-refractivity contribution in [2.75, 3.05) is 0 Å². The number of hydrogen-bond acceptors (Lipinski definition) is 2. The number of hydrogen-bond donors (Lipinski definition) is 0. The SMILES string of the molecule is C.C.C.C.CCC(=O)OC1CCC2(C)C(=CCC3C2CCC2(C)C(C(C)CCCC(C)C)CCC32)C1. The summed E-state index contributed by atoms with van der Waals surface area (Å²) in [6.07, 6.45) is 17.8. The van der Waals surface area contributed by atoms with Crippen molar-refractivity contribution in [1.82, 2.24) is 0 Å². The smallest absolute Gasteiger partial charge is 0.305 e. The highest BCUT2D eigenvalue weighted by Gasteiger charge is 2.59. The van der Waals surface area contributed by atoms with Crippen molar-refractivity contribution < 1.29 is 9.53 Å². The van der Waals surface area contributed by atoms with Gasteiger partial charge in [-0.3, -0.25) is 4.79 Å². The first-order valence-electron chi connectivity index (χ1n) is 14.1. The van der Waals surface area contributed by atoms with Crippen LogP contribution >= 0.6 is 0 Å². The van der Waals surface area contributed by atoms with Crippen LogP contribution in [0.25, 0.3) is 0 Å². The monoisotopic (exact) mass is 507 g/mol. The van der Waals surface area contributed by atoms with Crippen molar-refractivity contribution in [2.45, 2.75) is 154 Å². The summed E-state index contributed by atoms with van der Waals surface area (Å²) < 4.78 is 5.76. The number of fused-ring (bicyclic) bond motifs is 5. The molecule has 0 spiro atoms. The fourth-order valence-electron chi connectivity index (χ4n) is 9.02. The van der Waals surface area contributed by atoms with E-state index in [0.717, 1.165) is 48.3 Å². The van der Waals surface area contributed by atoms with E-state index < -0.39 is 0 Å². The molecule has 2 heteroatoms. The second-order valence-electron chi connectivity index (χ2n) is 13.0. The van der Waals surface area contributed by atoms with E-state index >= 15 is 0 Å². The van der Waals surface area contributed by atoms with Gasteiger partial charge in [-0.2, -0.15) is 0 Å². The molecule has 8 atom stereocenters. The van der Waals surface area contributed by atoms with Crippen molar-refractivity contribution in [3.05, 3.63) is 11.6 Å². The van der Waals surface area contributed by atoms with Crippen molar-refractivity contribution in [3.63, 3.8) is 0 Å². The summed E-state index contributed by atoms with van der Waals surface area (Å²) in [5, 5.41) is 0. The van der Waals surface area contributed by atoms with E-state index in [4.69, 9.17) is 4.74 Å². The van der Waals surface area contributed by atoms with Gasteiger partial charge in [0.05, 0.1) is 0 Å². The molecule has 0 aromatic carbocycles. The third kappa shape index (κ3) is 6.43. The minimum atomic E-state index is -0.0270. The molecule has 3 fully saturated rings. The van der Waals surface area contributed by atoms with Crippen molar-refractivity contribution in [2.24, 2.45) is 46.3 Å². The first-order chi connectivity index (χ1) is 15.2. The van der Waals surface area contributed by atoms with Gasteiger partial charge in [-0.25, -0.2) is 0 Å². The Kier molecular flexibility index (Phi) is 13.5. The van der Waals surface area contributed by atoms with Crippen LogP contribution in [0.5, 0.6) is 0 Å². The molecule has 36 heavy (non-hydrogen) atoms. The minimum absolute atomic E-state index is 0. The molecular weight excluding hydrogens is 440 g/mol. The van der Waals surface area contributed by atoms with Crippen molar-refractivity contribution >= 4 is 5.97 Å². The van der Waals surface area contributed by atoms with Gasteiger partial charge in [0, 0.05) is 12.8 Å². The third-order valence-corrected chi connectivity index (χ3v) is 10.8. The molecular formula is C34H66O2. The van der Waals surface area contributed by atoms with E-state index in [9.17, 15) is 4.79 Å². The average molecular weight is 507 g/mol. The van der Waals surface area contributed by atoms with Gasteiger partial charge < -0.3 is 4.74 Å². The Bertz CT molecular complexity index is 708. The highest BCUT2D eigenvalue weighted by Crippen LogP contribution is 2.67. The zero-order valence-electron chi connectivity index (χ0n) is 21.9. The molecule has 8 unspecified atom stereocenters. The molecule has 0 bridgehead atoms. The summed E-state index contributed by atoms with van der Waals surface area (Å²) in [5.41, 5.74) is 2.54. The molecule has 0 aliphatic heterocycles. The normalized spacial score (nSPS) is 37.3. The fourth-order valence-corrected chi connectivity index (χ4v) is 9.02. The maximum atomic E-state index is 11.9. The number of allylic oxidation sites excluding steroid dienone is 1. The van der Waals surface area contributed by atoms with Gasteiger partial charge >= 0.3 is 5.97 Å². The summed E-state index contributed by atoms with van der Waals surface area (Å²) in [4.78, 5) is 11.9. The molecule has 0 aromatic heterocycles. The second-order valence-corrected chi connectivity index (χ2v) is 13.0. The fraction of sp³-hybridized carbons (Fsp3) is 0.912. The van der Waals surface area contributed by atoms with Crippen LogP contribution in [0.4, 0.5) is 0 Å². The molecule has 0 radical (unpaired) electrons. The number of ether oxygens (including phenoxy) is 1. The summed E-state index contributed by atoms with van der Waals surface area (Å²) in [6.45, 7) is 14.5. The molecule has 214 valence electrons. The van der Waals surface area contributed by atoms with Crippen molar-refractivity contribution in [3.8, 4) is 0 Å². The zero-order chi connectivity index (χ0) is 23.1. The third-order valence-electron chi connectivity index (χ3n) is 10.8. The first kappa shape index (κ1) is 35.2. The van der Waals surface area contributed by atoms with Gasteiger partial charge in [0.2, 0.25) is 0 Å².